The van der Waals surface area contributed by atoms with E-state index in [0.29, 0.717) is 11.8 Å². The van der Waals surface area contributed by atoms with Gasteiger partial charge in [0.1, 0.15) is 5.82 Å². The van der Waals surface area contributed by atoms with Gasteiger partial charge in [0.2, 0.25) is 0 Å². The number of nitrogens with zero attached hydrogens (tertiary/aromatic N) is 2. The van der Waals surface area contributed by atoms with Crippen LogP contribution >= 0.6 is 0 Å². The molecule has 2 fully saturated rings. The highest BCUT2D eigenvalue weighted by Gasteiger charge is 2.30. The number of nitrogens with two attached hydrogens (primary N) is 1. The third-order valence-electron chi connectivity index (χ3n) is 4.03. The summed E-state index contributed by atoms with van der Waals surface area (Å²) in [5, 5.41) is 7.47. The van der Waals surface area contributed by atoms with Gasteiger partial charge in [0.25, 0.3) is 0 Å². The molecular weight excluding hydrogens is 200 g/mol. The molecule has 0 atom stereocenters. The van der Waals surface area contributed by atoms with E-state index in [2.05, 4.69) is 15.2 Å². The molecule has 4 heteroatoms. The normalized spacial score (nSPS) is 30.6. The minimum atomic E-state index is 0.600. The van der Waals surface area contributed by atoms with E-state index in [1.54, 1.807) is 0 Å². The van der Waals surface area contributed by atoms with Crippen LogP contribution in [0.1, 0.15) is 62.0 Å². The van der Waals surface area contributed by atoms with Crippen molar-refractivity contribution in [2.75, 3.05) is 6.54 Å². The van der Waals surface area contributed by atoms with Crippen LogP contribution in [0.25, 0.3) is 0 Å². The van der Waals surface area contributed by atoms with Crippen molar-refractivity contribution in [2.45, 2.75) is 50.4 Å². The van der Waals surface area contributed by atoms with Crippen LogP contribution in [0.3, 0.4) is 0 Å². The molecule has 88 valence electrons. The Bertz CT molecular complexity index is 348. The molecule has 1 aromatic rings. The summed E-state index contributed by atoms with van der Waals surface area (Å²) in [6.45, 7) is 0.844. The molecule has 4 nitrogen and oxygen atoms in total. The van der Waals surface area contributed by atoms with Crippen molar-refractivity contribution in [3.63, 3.8) is 0 Å². The highest BCUT2D eigenvalue weighted by molar-refractivity contribution is 5.07. The third kappa shape index (κ3) is 1.98. The summed E-state index contributed by atoms with van der Waals surface area (Å²) in [5.41, 5.74) is 5.70. The Morgan fingerprint density at radius 2 is 1.75 bits per heavy atom. The van der Waals surface area contributed by atoms with E-state index in [0.717, 1.165) is 24.1 Å². The molecule has 0 aliphatic heterocycles. The first kappa shape index (κ1) is 10.3. The van der Waals surface area contributed by atoms with Crippen molar-refractivity contribution < 1.29 is 0 Å². The first-order valence-corrected chi connectivity index (χ1v) is 6.49. The van der Waals surface area contributed by atoms with Gasteiger partial charge in [-0.3, -0.25) is 5.10 Å². The predicted octanol–water partition coefficient (Wildman–Crippen LogP) is 1.91. The first-order valence-electron chi connectivity index (χ1n) is 6.49. The maximum Gasteiger partial charge on any atom is 0.153 e. The van der Waals surface area contributed by atoms with Crippen LogP contribution in [0.4, 0.5) is 0 Å². The largest absolute Gasteiger partial charge is 0.330 e. The van der Waals surface area contributed by atoms with Crippen LogP contribution in [0, 0.1) is 5.92 Å². The Kier molecular flexibility index (Phi) is 2.67. The standard InChI is InChI=1S/C12H20N4/c13-7-8-1-3-9(4-2-8)11-14-12(16-15-11)10-5-6-10/h8-10H,1-7,13H2,(H,14,15,16). The summed E-state index contributed by atoms with van der Waals surface area (Å²) >= 11 is 0. The minimum absolute atomic E-state index is 0.600. The Balaban J connectivity index is 1.63. The van der Waals surface area contributed by atoms with Gasteiger partial charge in [0, 0.05) is 11.8 Å². The van der Waals surface area contributed by atoms with Gasteiger partial charge >= 0.3 is 0 Å². The van der Waals surface area contributed by atoms with E-state index >= 15 is 0 Å². The molecule has 2 saturated carbocycles. The summed E-state index contributed by atoms with van der Waals surface area (Å²) in [6, 6.07) is 0. The molecule has 1 heterocycles. The lowest BCUT2D eigenvalue weighted by molar-refractivity contribution is 0.326. The zero-order valence-corrected chi connectivity index (χ0v) is 9.65. The van der Waals surface area contributed by atoms with Crippen molar-refractivity contribution in [1.29, 1.82) is 0 Å². The maximum absolute atomic E-state index is 5.70. The molecule has 3 N–H and O–H groups in total. The minimum Gasteiger partial charge on any atom is -0.330 e. The smallest absolute Gasteiger partial charge is 0.153 e. The van der Waals surface area contributed by atoms with Crippen molar-refractivity contribution in [3.05, 3.63) is 11.6 Å². The fraction of sp³-hybridized carbons (Fsp3) is 0.833. The molecule has 16 heavy (non-hydrogen) atoms. The van der Waals surface area contributed by atoms with E-state index in [1.807, 2.05) is 0 Å². The van der Waals surface area contributed by atoms with Gasteiger partial charge in [-0.25, -0.2) is 4.98 Å². The second kappa shape index (κ2) is 4.17. The van der Waals surface area contributed by atoms with E-state index in [1.165, 1.54) is 38.5 Å². The second-order valence-electron chi connectivity index (χ2n) is 5.31. The Morgan fingerprint density at radius 1 is 1.06 bits per heavy atom. The number of hydrogen-bond donors (Lipinski definition) is 2. The molecular formula is C12H20N4. The number of aromatic amines is 1. The lowest BCUT2D eigenvalue weighted by Crippen LogP contribution is -2.21. The second-order valence-corrected chi connectivity index (χ2v) is 5.31. The lowest BCUT2D eigenvalue weighted by atomic mass is 9.82. The van der Waals surface area contributed by atoms with E-state index in [4.69, 9.17) is 5.73 Å². The van der Waals surface area contributed by atoms with Crippen LogP contribution in [-0.2, 0) is 0 Å². The Hall–Kier alpha value is -0.900. The molecule has 1 aromatic heterocycles. The summed E-state index contributed by atoms with van der Waals surface area (Å²) in [6.07, 6.45) is 7.50. The van der Waals surface area contributed by atoms with E-state index in [-0.39, 0.29) is 0 Å². The van der Waals surface area contributed by atoms with Crippen LogP contribution in [0.2, 0.25) is 0 Å². The van der Waals surface area contributed by atoms with Crippen LogP contribution in [0.5, 0.6) is 0 Å². The van der Waals surface area contributed by atoms with E-state index in [9.17, 15) is 0 Å². The maximum atomic E-state index is 5.70. The summed E-state index contributed by atoms with van der Waals surface area (Å²) in [5.74, 6) is 4.17. The Morgan fingerprint density at radius 3 is 2.38 bits per heavy atom. The van der Waals surface area contributed by atoms with Gasteiger partial charge in [-0.2, -0.15) is 5.10 Å². The highest BCUT2D eigenvalue weighted by atomic mass is 15.2. The number of hydrogen-bond acceptors (Lipinski definition) is 3. The molecule has 0 bridgehead atoms. The van der Waals surface area contributed by atoms with E-state index < -0.39 is 0 Å². The molecule has 0 radical (unpaired) electrons. The van der Waals surface area contributed by atoms with Crippen molar-refractivity contribution in [1.82, 2.24) is 15.2 Å². The van der Waals surface area contributed by atoms with Gasteiger partial charge in [0.15, 0.2) is 5.82 Å². The Labute approximate surface area is 96.0 Å². The van der Waals surface area contributed by atoms with Gasteiger partial charge in [0.05, 0.1) is 0 Å². The number of nitrogens with one attached hydrogen (secondary N) is 1. The van der Waals surface area contributed by atoms with Gasteiger partial charge in [-0.1, -0.05) is 0 Å². The van der Waals surface area contributed by atoms with Gasteiger partial charge in [-0.05, 0) is 51.0 Å². The molecule has 0 unspecified atom stereocenters. The molecule has 3 rings (SSSR count). The molecule has 2 aliphatic carbocycles. The zero-order chi connectivity index (χ0) is 11.0. The molecule has 2 aliphatic rings. The SMILES string of the molecule is NCC1CCC(c2nc(C3CC3)n[nH]2)CC1. The van der Waals surface area contributed by atoms with Gasteiger partial charge in [-0.15, -0.1) is 0 Å². The molecule has 0 spiro atoms. The van der Waals surface area contributed by atoms with Crippen LogP contribution in [0.15, 0.2) is 0 Å². The van der Waals surface area contributed by atoms with Gasteiger partial charge < -0.3 is 5.73 Å². The van der Waals surface area contributed by atoms with Crippen molar-refractivity contribution in [3.8, 4) is 0 Å². The van der Waals surface area contributed by atoms with Crippen molar-refractivity contribution in [2.24, 2.45) is 11.7 Å². The summed E-state index contributed by atoms with van der Waals surface area (Å²) in [7, 11) is 0. The summed E-state index contributed by atoms with van der Waals surface area (Å²) in [4.78, 5) is 4.65. The first-order chi connectivity index (χ1) is 7.86. The summed E-state index contributed by atoms with van der Waals surface area (Å²) < 4.78 is 0. The fourth-order valence-corrected chi connectivity index (χ4v) is 2.67. The topological polar surface area (TPSA) is 67.6 Å². The third-order valence-corrected chi connectivity index (χ3v) is 4.03. The number of aromatic nitrogens is 3. The lowest BCUT2D eigenvalue weighted by Gasteiger charge is -2.25. The highest BCUT2D eigenvalue weighted by Crippen LogP contribution is 2.39. The average molecular weight is 220 g/mol. The molecule has 0 amide bonds. The molecule has 0 aromatic carbocycles. The quantitative estimate of drug-likeness (QED) is 0.817. The zero-order valence-electron chi connectivity index (χ0n) is 9.65. The molecule has 0 saturated heterocycles. The van der Waals surface area contributed by atoms with Crippen molar-refractivity contribution >= 4 is 0 Å². The van der Waals surface area contributed by atoms with Crippen LogP contribution < -0.4 is 5.73 Å². The number of H-pyrrole nitrogens is 1. The predicted molar refractivity (Wildman–Crippen MR) is 62.1 cm³/mol. The van der Waals surface area contributed by atoms with Crippen LogP contribution in [-0.4, -0.2) is 21.7 Å². The monoisotopic (exact) mass is 220 g/mol. The fourth-order valence-electron chi connectivity index (χ4n) is 2.67. The average Bonchev–Trinajstić information content (AvgIpc) is 3.08. The number of rotatable bonds is 3.